The number of halogens is 2. The van der Waals surface area contributed by atoms with Gasteiger partial charge in [-0.15, -0.1) is 11.8 Å². The Balaban J connectivity index is 2.12. The zero-order chi connectivity index (χ0) is 23.7. The molecule has 0 spiro atoms. The van der Waals surface area contributed by atoms with Crippen LogP contribution in [0.15, 0.2) is 42.5 Å². The molecule has 0 aliphatic carbocycles. The molecule has 8 heteroatoms. The van der Waals surface area contributed by atoms with Crippen LogP contribution in [0, 0.1) is 0 Å². The van der Waals surface area contributed by atoms with Crippen molar-refractivity contribution >= 4 is 46.8 Å². The molecule has 2 amide bonds. The minimum absolute atomic E-state index is 0.0234. The van der Waals surface area contributed by atoms with E-state index in [1.165, 1.54) is 11.8 Å². The molecule has 0 saturated carbocycles. The fourth-order valence-electron chi connectivity index (χ4n) is 2.96. The molecule has 174 valence electrons. The Kier molecular flexibility index (Phi) is 10.7. The smallest absolute Gasteiger partial charge is 0.242 e. The highest BCUT2D eigenvalue weighted by Crippen LogP contribution is 2.27. The van der Waals surface area contributed by atoms with E-state index < -0.39 is 6.04 Å². The molecule has 2 aromatic carbocycles. The third-order valence-electron chi connectivity index (χ3n) is 5.21. The van der Waals surface area contributed by atoms with Gasteiger partial charge >= 0.3 is 0 Å². The molecule has 0 heterocycles. The van der Waals surface area contributed by atoms with Gasteiger partial charge in [-0.25, -0.2) is 0 Å². The Labute approximate surface area is 204 Å². The summed E-state index contributed by atoms with van der Waals surface area (Å²) in [6.07, 6.45) is 0.806. The minimum Gasteiger partial charge on any atom is -0.497 e. The summed E-state index contributed by atoms with van der Waals surface area (Å²) in [7, 11) is 1.63. The van der Waals surface area contributed by atoms with Crippen molar-refractivity contribution in [2.75, 3.05) is 12.9 Å². The molecule has 2 rings (SSSR count). The number of nitrogens with one attached hydrogen (secondary N) is 1. The molecular weight excluding hydrogens is 467 g/mol. The van der Waals surface area contributed by atoms with Crippen LogP contribution in [0.1, 0.15) is 38.3 Å². The van der Waals surface area contributed by atoms with Crippen molar-refractivity contribution in [1.29, 1.82) is 0 Å². The van der Waals surface area contributed by atoms with Gasteiger partial charge in [0, 0.05) is 33.9 Å². The van der Waals surface area contributed by atoms with Gasteiger partial charge in [0.05, 0.1) is 12.9 Å². The molecule has 0 aromatic heterocycles. The topological polar surface area (TPSA) is 58.6 Å². The molecule has 0 radical (unpaired) electrons. The number of hydrogen-bond acceptors (Lipinski definition) is 4. The van der Waals surface area contributed by atoms with E-state index in [9.17, 15) is 9.59 Å². The Bertz CT molecular complexity index is 888. The Morgan fingerprint density at radius 3 is 2.28 bits per heavy atom. The second-order valence-corrected chi connectivity index (χ2v) is 9.36. The highest BCUT2D eigenvalue weighted by atomic mass is 35.5. The number of hydrogen-bond donors (Lipinski definition) is 1. The first-order valence-electron chi connectivity index (χ1n) is 10.5. The lowest BCUT2D eigenvalue weighted by Crippen LogP contribution is -2.50. The Hall–Kier alpha value is -1.89. The van der Waals surface area contributed by atoms with Crippen LogP contribution in [-0.4, -0.2) is 41.7 Å². The van der Waals surface area contributed by atoms with E-state index in [-0.39, 0.29) is 30.2 Å². The van der Waals surface area contributed by atoms with Gasteiger partial charge in [0.25, 0.3) is 0 Å². The van der Waals surface area contributed by atoms with Crippen LogP contribution in [0.2, 0.25) is 10.0 Å². The normalized spacial score (nSPS) is 12.7. The maximum atomic E-state index is 13.2. The van der Waals surface area contributed by atoms with Crippen LogP contribution in [-0.2, 0) is 21.9 Å². The SMILES string of the molecule is CC[C@H](C)NC(=O)[C@@H](C)N(Cc1c(Cl)cccc1Cl)C(=O)CSCc1ccc(OC)cc1. The molecule has 2 atom stereocenters. The quantitative estimate of drug-likeness (QED) is 0.441. The van der Waals surface area contributed by atoms with Gasteiger partial charge in [0.1, 0.15) is 11.8 Å². The van der Waals surface area contributed by atoms with Crippen LogP contribution in [0.25, 0.3) is 0 Å². The summed E-state index contributed by atoms with van der Waals surface area (Å²) in [4.78, 5) is 27.5. The Morgan fingerprint density at radius 2 is 1.72 bits per heavy atom. The van der Waals surface area contributed by atoms with Crippen molar-refractivity contribution in [3.63, 3.8) is 0 Å². The molecule has 0 saturated heterocycles. The first-order chi connectivity index (χ1) is 15.3. The molecule has 0 fully saturated rings. The summed E-state index contributed by atoms with van der Waals surface area (Å²) in [5.74, 6) is 1.35. The number of rotatable bonds is 11. The first-order valence-corrected chi connectivity index (χ1v) is 12.4. The van der Waals surface area contributed by atoms with Crippen LogP contribution in [0.4, 0.5) is 0 Å². The number of nitrogens with zero attached hydrogens (tertiary/aromatic N) is 1. The summed E-state index contributed by atoms with van der Waals surface area (Å²) >= 11 is 14.2. The number of carbonyl (C=O) groups is 2. The standard InChI is InChI=1S/C24H30Cl2N2O3S/c1-5-16(2)27-24(30)17(3)28(13-20-21(25)7-6-8-22(20)26)23(29)15-32-14-18-9-11-19(31-4)12-10-18/h6-12,16-17H,5,13-15H2,1-4H3,(H,27,30)/t16-,17+/m0/s1. The van der Waals surface area contributed by atoms with E-state index in [1.54, 1.807) is 37.1 Å². The Morgan fingerprint density at radius 1 is 1.09 bits per heavy atom. The van der Waals surface area contributed by atoms with Gasteiger partial charge in [0.15, 0.2) is 0 Å². The zero-order valence-electron chi connectivity index (χ0n) is 18.9. The monoisotopic (exact) mass is 496 g/mol. The van der Waals surface area contributed by atoms with E-state index in [0.717, 1.165) is 17.7 Å². The summed E-state index contributed by atoms with van der Waals surface area (Å²) in [5.41, 5.74) is 1.72. The van der Waals surface area contributed by atoms with E-state index in [1.807, 2.05) is 38.1 Å². The van der Waals surface area contributed by atoms with Crippen LogP contribution >= 0.6 is 35.0 Å². The third-order valence-corrected chi connectivity index (χ3v) is 6.91. The molecule has 0 unspecified atom stereocenters. The minimum atomic E-state index is -0.662. The number of thioether (sulfide) groups is 1. The molecule has 0 bridgehead atoms. The lowest BCUT2D eigenvalue weighted by molar-refractivity contribution is -0.138. The van der Waals surface area contributed by atoms with Crippen LogP contribution in [0.3, 0.4) is 0 Å². The summed E-state index contributed by atoms with van der Waals surface area (Å²) < 4.78 is 5.18. The van der Waals surface area contributed by atoms with E-state index in [4.69, 9.17) is 27.9 Å². The number of carbonyl (C=O) groups excluding carboxylic acids is 2. The third kappa shape index (κ3) is 7.61. The van der Waals surface area contributed by atoms with E-state index in [2.05, 4.69) is 5.32 Å². The summed E-state index contributed by atoms with van der Waals surface area (Å²) in [6, 6.07) is 12.3. The van der Waals surface area contributed by atoms with Gasteiger partial charge in [-0.1, -0.05) is 48.3 Å². The summed E-state index contributed by atoms with van der Waals surface area (Å²) in [5, 5.41) is 3.89. The average molecular weight is 497 g/mol. The lowest BCUT2D eigenvalue weighted by Gasteiger charge is -2.30. The van der Waals surface area contributed by atoms with Crippen LogP contribution in [0.5, 0.6) is 5.75 Å². The van der Waals surface area contributed by atoms with Gasteiger partial charge in [-0.2, -0.15) is 0 Å². The second-order valence-electron chi connectivity index (χ2n) is 7.56. The van der Waals surface area contributed by atoms with Crippen molar-refractivity contribution in [3.05, 3.63) is 63.6 Å². The fourth-order valence-corrected chi connectivity index (χ4v) is 4.35. The number of amides is 2. The fraction of sp³-hybridized carbons (Fsp3) is 0.417. The molecule has 5 nitrogen and oxygen atoms in total. The number of benzene rings is 2. The molecule has 0 aliphatic heterocycles. The highest BCUT2D eigenvalue weighted by Gasteiger charge is 2.27. The molecule has 2 aromatic rings. The second kappa shape index (κ2) is 13.0. The molecule has 32 heavy (non-hydrogen) atoms. The van der Waals surface area contributed by atoms with E-state index >= 15 is 0 Å². The molecule has 1 N–H and O–H groups in total. The van der Waals surface area contributed by atoms with Crippen molar-refractivity contribution in [2.24, 2.45) is 0 Å². The van der Waals surface area contributed by atoms with Crippen molar-refractivity contribution in [1.82, 2.24) is 10.2 Å². The van der Waals surface area contributed by atoms with E-state index in [0.29, 0.717) is 21.4 Å². The van der Waals surface area contributed by atoms with Gasteiger partial charge in [-0.05, 0) is 50.1 Å². The molecular formula is C24H30Cl2N2O3S. The average Bonchev–Trinajstić information content (AvgIpc) is 2.78. The van der Waals surface area contributed by atoms with Crippen molar-refractivity contribution < 1.29 is 14.3 Å². The summed E-state index contributed by atoms with van der Waals surface area (Å²) in [6.45, 7) is 5.83. The van der Waals surface area contributed by atoms with Gasteiger partial charge in [-0.3, -0.25) is 9.59 Å². The first kappa shape index (κ1) is 26.4. The van der Waals surface area contributed by atoms with Gasteiger partial charge in [0.2, 0.25) is 11.8 Å². The largest absolute Gasteiger partial charge is 0.497 e. The lowest BCUT2D eigenvalue weighted by atomic mass is 10.1. The predicted molar refractivity (Wildman–Crippen MR) is 134 cm³/mol. The van der Waals surface area contributed by atoms with Crippen molar-refractivity contribution in [2.45, 2.75) is 51.6 Å². The van der Waals surface area contributed by atoms with Crippen LogP contribution < -0.4 is 10.1 Å². The number of methoxy groups -OCH3 is 1. The van der Waals surface area contributed by atoms with Crippen molar-refractivity contribution in [3.8, 4) is 5.75 Å². The zero-order valence-corrected chi connectivity index (χ0v) is 21.2. The van der Waals surface area contributed by atoms with Gasteiger partial charge < -0.3 is 15.0 Å². The highest BCUT2D eigenvalue weighted by molar-refractivity contribution is 7.99. The maximum Gasteiger partial charge on any atom is 0.242 e. The number of ether oxygens (including phenoxy) is 1. The predicted octanol–water partition coefficient (Wildman–Crippen LogP) is 5.57. The molecule has 0 aliphatic rings. The maximum absolute atomic E-state index is 13.2.